The number of nitrogens with zero attached hydrogens (tertiary/aromatic N) is 1. The summed E-state index contributed by atoms with van der Waals surface area (Å²) in [7, 11) is 0. The van der Waals surface area contributed by atoms with Gasteiger partial charge in [0, 0.05) is 23.5 Å². The van der Waals surface area contributed by atoms with Crippen molar-refractivity contribution in [3.63, 3.8) is 0 Å². The van der Waals surface area contributed by atoms with Crippen molar-refractivity contribution in [1.29, 1.82) is 0 Å². The number of carbonyl (C=O) groups is 2. The first-order valence-corrected chi connectivity index (χ1v) is 11.3. The van der Waals surface area contributed by atoms with E-state index >= 15 is 0 Å². The maximum Gasteiger partial charge on any atom is 0.242 e. The largest absolute Gasteiger partial charge is 0.350 e. The Hall–Kier alpha value is -2.33. The highest BCUT2D eigenvalue weighted by Crippen LogP contribution is 2.18. The van der Waals surface area contributed by atoms with Crippen LogP contribution in [-0.4, -0.2) is 28.3 Å². The molecule has 0 saturated carbocycles. The monoisotopic (exact) mass is 442 g/mol. The highest BCUT2D eigenvalue weighted by molar-refractivity contribution is 6.30. The minimum atomic E-state index is -0.589. The van der Waals surface area contributed by atoms with E-state index < -0.39 is 6.04 Å². The van der Waals surface area contributed by atoms with E-state index in [2.05, 4.69) is 43.4 Å². The molecule has 1 atom stereocenters. The molecular formula is C26H35ClN2O2. The SMILES string of the molecule is CC(C)c1ccc(CCC(=O)N(Cc2cccc(Cl)c2)C(C)C(=O)NC(C)(C)C)cc1. The number of halogens is 1. The predicted molar refractivity (Wildman–Crippen MR) is 128 cm³/mol. The summed E-state index contributed by atoms with van der Waals surface area (Å²) in [5.74, 6) is 0.264. The standard InChI is InChI=1S/C26H35ClN2O2/c1-18(2)22-13-10-20(11-14-22)12-15-24(30)29(17-21-8-7-9-23(27)16-21)19(3)25(31)28-26(4,5)6/h7-11,13-14,16,18-19H,12,15,17H2,1-6H3,(H,28,31). The maximum absolute atomic E-state index is 13.2. The lowest BCUT2D eigenvalue weighted by atomic mass is 10.00. The van der Waals surface area contributed by atoms with Crippen LogP contribution in [0.25, 0.3) is 0 Å². The van der Waals surface area contributed by atoms with Crippen molar-refractivity contribution >= 4 is 23.4 Å². The molecule has 4 nitrogen and oxygen atoms in total. The van der Waals surface area contributed by atoms with Crippen LogP contribution in [0.4, 0.5) is 0 Å². The number of nitrogens with one attached hydrogen (secondary N) is 1. The molecule has 0 spiro atoms. The molecule has 1 unspecified atom stereocenters. The van der Waals surface area contributed by atoms with E-state index in [4.69, 9.17) is 11.6 Å². The van der Waals surface area contributed by atoms with Crippen molar-refractivity contribution in [3.05, 3.63) is 70.2 Å². The molecule has 0 aliphatic carbocycles. The summed E-state index contributed by atoms with van der Waals surface area (Å²) in [6.45, 7) is 12.2. The quantitative estimate of drug-likeness (QED) is 0.567. The van der Waals surface area contributed by atoms with Crippen molar-refractivity contribution < 1.29 is 9.59 Å². The van der Waals surface area contributed by atoms with Gasteiger partial charge in [0.2, 0.25) is 11.8 Å². The summed E-state index contributed by atoms with van der Waals surface area (Å²) in [6, 6.07) is 15.2. The molecule has 0 bridgehead atoms. The molecule has 5 heteroatoms. The first-order valence-electron chi connectivity index (χ1n) is 10.9. The van der Waals surface area contributed by atoms with Crippen LogP contribution < -0.4 is 5.32 Å². The Balaban J connectivity index is 2.15. The Labute approximate surface area is 192 Å². The second-order valence-electron chi connectivity index (χ2n) is 9.46. The van der Waals surface area contributed by atoms with Gasteiger partial charge in [-0.05, 0) is 68.9 Å². The third-order valence-electron chi connectivity index (χ3n) is 5.18. The van der Waals surface area contributed by atoms with Crippen LogP contribution in [0.15, 0.2) is 48.5 Å². The Morgan fingerprint density at radius 3 is 2.19 bits per heavy atom. The molecule has 0 aromatic heterocycles. The lowest BCUT2D eigenvalue weighted by molar-refractivity contribution is -0.141. The fourth-order valence-corrected chi connectivity index (χ4v) is 3.57. The Kier molecular flexibility index (Phi) is 8.69. The molecule has 2 aromatic carbocycles. The van der Waals surface area contributed by atoms with Crippen LogP contribution in [0.3, 0.4) is 0 Å². The fraction of sp³-hybridized carbons (Fsp3) is 0.462. The van der Waals surface area contributed by atoms with Gasteiger partial charge >= 0.3 is 0 Å². The van der Waals surface area contributed by atoms with E-state index in [1.165, 1.54) is 5.56 Å². The number of aryl methyl sites for hydroxylation is 1. The second kappa shape index (κ2) is 10.8. The maximum atomic E-state index is 13.2. The van der Waals surface area contributed by atoms with Crippen LogP contribution in [0.1, 0.15) is 70.6 Å². The van der Waals surface area contributed by atoms with E-state index in [-0.39, 0.29) is 17.4 Å². The summed E-state index contributed by atoms with van der Waals surface area (Å²) in [4.78, 5) is 27.7. The highest BCUT2D eigenvalue weighted by atomic mass is 35.5. The Bertz CT molecular complexity index is 885. The second-order valence-corrected chi connectivity index (χ2v) is 9.90. The smallest absolute Gasteiger partial charge is 0.242 e. The zero-order valence-corrected chi connectivity index (χ0v) is 20.3. The summed E-state index contributed by atoms with van der Waals surface area (Å²) < 4.78 is 0. The van der Waals surface area contributed by atoms with Crippen molar-refractivity contribution in [1.82, 2.24) is 10.2 Å². The van der Waals surface area contributed by atoms with Crippen LogP contribution in [0.2, 0.25) is 5.02 Å². The topological polar surface area (TPSA) is 49.4 Å². The summed E-state index contributed by atoms with van der Waals surface area (Å²) in [6.07, 6.45) is 0.978. The molecule has 0 fully saturated rings. The van der Waals surface area contributed by atoms with E-state index in [9.17, 15) is 9.59 Å². The van der Waals surface area contributed by atoms with Gasteiger partial charge in [0.25, 0.3) is 0 Å². The third kappa shape index (κ3) is 8.02. The highest BCUT2D eigenvalue weighted by Gasteiger charge is 2.28. The van der Waals surface area contributed by atoms with Crippen molar-refractivity contribution in [2.75, 3.05) is 0 Å². The molecule has 168 valence electrons. The molecule has 0 radical (unpaired) electrons. The summed E-state index contributed by atoms with van der Waals surface area (Å²) in [5.41, 5.74) is 2.93. The van der Waals surface area contributed by atoms with E-state index in [1.54, 1.807) is 17.9 Å². The molecule has 0 saturated heterocycles. The lowest BCUT2D eigenvalue weighted by Crippen LogP contribution is -2.52. The molecule has 1 N–H and O–H groups in total. The van der Waals surface area contributed by atoms with Gasteiger partial charge in [0.05, 0.1) is 0 Å². The van der Waals surface area contributed by atoms with Crippen LogP contribution in [0.5, 0.6) is 0 Å². The summed E-state index contributed by atoms with van der Waals surface area (Å²) in [5, 5.41) is 3.60. The van der Waals surface area contributed by atoms with Crippen LogP contribution >= 0.6 is 11.6 Å². The fourth-order valence-electron chi connectivity index (χ4n) is 3.35. The van der Waals surface area contributed by atoms with Gasteiger partial charge in [-0.1, -0.05) is 61.8 Å². The van der Waals surface area contributed by atoms with Crippen molar-refractivity contribution in [2.45, 2.75) is 78.4 Å². The Morgan fingerprint density at radius 1 is 1.00 bits per heavy atom. The number of carbonyl (C=O) groups excluding carboxylic acids is 2. The molecule has 2 rings (SSSR count). The van der Waals surface area contributed by atoms with Gasteiger partial charge in [-0.3, -0.25) is 9.59 Å². The molecule has 31 heavy (non-hydrogen) atoms. The molecule has 2 amide bonds. The minimum Gasteiger partial charge on any atom is -0.350 e. The number of hydrogen-bond acceptors (Lipinski definition) is 2. The van der Waals surface area contributed by atoms with Gasteiger partial charge in [-0.25, -0.2) is 0 Å². The average molecular weight is 443 g/mol. The zero-order chi connectivity index (χ0) is 23.2. The van der Waals surface area contributed by atoms with Gasteiger partial charge in [0.1, 0.15) is 6.04 Å². The lowest BCUT2D eigenvalue weighted by Gasteiger charge is -2.31. The third-order valence-corrected chi connectivity index (χ3v) is 5.42. The van der Waals surface area contributed by atoms with Gasteiger partial charge in [-0.15, -0.1) is 0 Å². The van der Waals surface area contributed by atoms with E-state index in [0.717, 1.165) is 11.1 Å². The first-order chi connectivity index (χ1) is 14.5. The van der Waals surface area contributed by atoms with Gasteiger partial charge < -0.3 is 10.2 Å². The number of hydrogen-bond donors (Lipinski definition) is 1. The number of rotatable bonds is 8. The summed E-state index contributed by atoms with van der Waals surface area (Å²) >= 11 is 6.13. The van der Waals surface area contributed by atoms with Gasteiger partial charge in [0.15, 0.2) is 0 Å². The van der Waals surface area contributed by atoms with E-state index in [1.807, 2.05) is 39.0 Å². The Morgan fingerprint density at radius 2 is 1.65 bits per heavy atom. The van der Waals surface area contributed by atoms with E-state index in [0.29, 0.717) is 30.3 Å². The minimum absolute atomic E-state index is 0.0514. The molecule has 2 aromatic rings. The van der Waals surface area contributed by atoms with Crippen molar-refractivity contribution in [3.8, 4) is 0 Å². The van der Waals surface area contributed by atoms with Crippen LogP contribution in [-0.2, 0) is 22.6 Å². The molecule has 0 aliphatic rings. The average Bonchev–Trinajstić information content (AvgIpc) is 2.68. The number of amides is 2. The van der Waals surface area contributed by atoms with Gasteiger partial charge in [-0.2, -0.15) is 0 Å². The first kappa shape index (κ1) is 24.9. The normalized spacial score (nSPS) is 12.5. The molecule has 0 heterocycles. The van der Waals surface area contributed by atoms with Crippen LogP contribution in [0, 0.1) is 0 Å². The molecular weight excluding hydrogens is 408 g/mol. The van der Waals surface area contributed by atoms with Crippen molar-refractivity contribution in [2.24, 2.45) is 0 Å². The predicted octanol–water partition coefficient (Wildman–Crippen LogP) is 5.73. The number of benzene rings is 2. The zero-order valence-electron chi connectivity index (χ0n) is 19.5. The molecule has 0 aliphatic heterocycles.